The van der Waals surface area contributed by atoms with Crippen LogP contribution in [0.15, 0.2) is 42.5 Å². The summed E-state index contributed by atoms with van der Waals surface area (Å²) >= 11 is 1.90. The minimum atomic E-state index is -0.178. The van der Waals surface area contributed by atoms with Gasteiger partial charge in [-0.3, -0.25) is 4.79 Å². The van der Waals surface area contributed by atoms with Crippen molar-refractivity contribution in [2.75, 3.05) is 12.3 Å². The Bertz CT molecular complexity index is 498. The normalized spacial score (nSPS) is 30.6. The maximum absolute atomic E-state index is 12.3. The van der Waals surface area contributed by atoms with Crippen molar-refractivity contribution in [3.05, 3.63) is 48.0 Å². The van der Waals surface area contributed by atoms with Crippen LogP contribution in [0.25, 0.3) is 0 Å². The highest BCUT2D eigenvalue weighted by atomic mass is 32.2. The molecule has 0 radical (unpaired) electrons. The first-order chi connectivity index (χ1) is 8.68. The lowest BCUT2D eigenvalue weighted by Gasteiger charge is -2.60. The second kappa shape index (κ2) is 4.16. The van der Waals surface area contributed by atoms with Gasteiger partial charge in [-0.15, -0.1) is 11.8 Å². The summed E-state index contributed by atoms with van der Waals surface area (Å²) in [5.74, 6) is 1.31. The number of hydrogen-bond donors (Lipinski definition) is 0. The van der Waals surface area contributed by atoms with Crippen molar-refractivity contribution in [3.63, 3.8) is 0 Å². The zero-order valence-corrected chi connectivity index (χ0v) is 11.4. The number of fused-ring (bicyclic) bond motifs is 1. The summed E-state index contributed by atoms with van der Waals surface area (Å²) in [4.78, 5) is 14.1. The molecule has 2 saturated heterocycles. The molecule has 2 atom stereocenters. The molecule has 0 aromatic heterocycles. The van der Waals surface area contributed by atoms with E-state index < -0.39 is 0 Å². The van der Waals surface area contributed by atoms with Gasteiger partial charge < -0.3 is 4.90 Å². The Balaban J connectivity index is 2.09. The molecule has 2 nitrogen and oxygen atoms in total. The molecular weight excluding hydrogens is 242 g/mol. The highest BCUT2D eigenvalue weighted by Gasteiger charge is 2.62. The number of carbonyl (C=O) groups excluding carboxylic acids is 1. The van der Waals surface area contributed by atoms with Gasteiger partial charge in [0.25, 0.3) is 0 Å². The van der Waals surface area contributed by atoms with Crippen molar-refractivity contribution >= 4 is 17.7 Å². The Morgan fingerprint density at radius 2 is 2.17 bits per heavy atom. The third kappa shape index (κ3) is 1.40. The topological polar surface area (TPSA) is 20.3 Å². The number of rotatable bonds is 2. The molecule has 94 valence electrons. The van der Waals surface area contributed by atoms with E-state index in [1.807, 2.05) is 29.7 Å². The predicted molar refractivity (Wildman–Crippen MR) is 75.2 cm³/mol. The van der Waals surface area contributed by atoms with Gasteiger partial charge in [-0.1, -0.05) is 42.5 Å². The minimum absolute atomic E-state index is 0.0507. The molecule has 0 spiro atoms. The largest absolute Gasteiger partial charge is 0.322 e. The van der Waals surface area contributed by atoms with Crippen LogP contribution in [-0.2, 0) is 9.67 Å². The molecule has 2 aliphatic rings. The van der Waals surface area contributed by atoms with Gasteiger partial charge in [-0.05, 0) is 24.7 Å². The van der Waals surface area contributed by atoms with Gasteiger partial charge in [0.1, 0.15) is 4.87 Å². The van der Waals surface area contributed by atoms with Crippen molar-refractivity contribution in [1.29, 1.82) is 0 Å². The van der Waals surface area contributed by atoms with Crippen LogP contribution in [-0.4, -0.2) is 23.1 Å². The SMILES string of the molecule is C=C(C)C1C(=O)N2CCCSC12c1ccccc1. The monoisotopic (exact) mass is 259 g/mol. The van der Waals surface area contributed by atoms with Gasteiger partial charge in [0.05, 0.1) is 5.92 Å². The molecule has 0 aliphatic carbocycles. The number of hydrogen-bond acceptors (Lipinski definition) is 2. The molecule has 3 rings (SSSR count). The molecule has 1 aromatic carbocycles. The molecule has 0 bridgehead atoms. The standard InChI is InChI=1S/C15H17NOS/c1-11(2)13-14(17)16-9-6-10-18-15(13,16)12-7-4-3-5-8-12/h3-5,7-8,13H,1,6,9-10H2,2H3. The van der Waals surface area contributed by atoms with Crippen molar-refractivity contribution in [2.45, 2.75) is 18.2 Å². The van der Waals surface area contributed by atoms with E-state index in [9.17, 15) is 4.79 Å². The molecule has 2 fully saturated rings. The van der Waals surface area contributed by atoms with Crippen LogP contribution in [0.4, 0.5) is 0 Å². The van der Waals surface area contributed by atoms with Crippen molar-refractivity contribution in [3.8, 4) is 0 Å². The van der Waals surface area contributed by atoms with Crippen LogP contribution < -0.4 is 0 Å². The zero-order chi connectivity index (χ0) is 12.8. The number of amides is 1. The van der Waals surface area contributed by atoms with Crippen LogP contribution in [0.5, 0.6) is 0 Å². The van der Waals surface area contributed by atoms with Crippen LogP contribution in [0.1, 0.15) is 18.9 Å². The highest BCUT2D eigenvalue weighted by Crippen LogP contribution is 2.58. The van der Waals surface area contributed by atoms with Crippen LogP contribution in [0.3, 0.4) is 0 Å². The van der Waals surface area contributed by atoms with Gasteiger partial charge in [-0.2, -0.15) is 0 Å². The molecule has 3 heteroatoms. The lowest BCUT2D eigenvalue weighted by molar-refractivity contribution is -0.158. The number of nitrogens with zero attached hydrogens (tertiary/aromatic N) is 1. The second-order valence-corrected chi connectivity index (χ2v) is 6.35. The van der Waals surface area contributed by atoms with Gasteiger partial charge in [0.15, 0.2) is 0 Å². The molecule has 2 unspecified atom stereocenters. The van der Waals surface area contributed by atoms with Crippen molar-refractivity contribution in [2.24, 2.45) is 5.92 Å². The first-order valence-corrected chi connectivity index (χ1v) is 7.33. The highest BCUT2D eigenvalue weighted by molar-refractivity contribution is 8.00. The molecular formula is C15H17NOS. The van der Waals surface area contributed by atoms with E-state index in [0.29, 0.717) is 0 Å². The van der Waals surface area contributed by atoms with Gasteiger partial charge in [0, 0.05) is 6.54 Å². The molecule has 18 heavy (non-hydrogen) atoms. The molecule has 2 heterocycles. The van der Waals surface area contributed by atoms with Crippen LogP contribution in [0.2, 0.25) is 0 Å². The van der Waals surface area contributed by atoms with E-state index in [1.165, 1.54) is 5.56 Å². The van der Waals surface area contributed by atoms with Crippen LogP contribution >= 0.6 is 11.8 Å². The molecule has 0 N–H and O–H groups in total. The fraction of sp³-hybridized carbons (Fsp3) is 0.400. The Hall–Kier alpha value is -1.22. The number of carbonyl (C=O) groups is 1. The minimum Gasteiger partial charge on any atom is -0.322 e. The molecule has 2 aliphatic heterocycles. The van der Waals surface area contributed by atoms with E-state index >= 15 is 0 Å². The lowest BCUT2D eigenvalue weighted by Crippen LogP contribution is -2.68. The fourth-order valence-electron chi connectivity index (χ4n) is 3.09. The summed E-state index contributed by atoms with van der Waals surface area (Å²) in [6.07, 6.45) is 1.09. The van der Waals surface area contributed by atoms with E-state index in [-0.39, 0.29) is 16.7 Å². The predicted octanol–water partition coefficient (Wildman–Crippen LogP) is 3.01. The fourth-order valence-corrected chi connectivity index (χ4v) is 4.79. The third-order valence-electron chi connectivity index (χ3n) is 3.83. The first kappa shape index (κ1) is 11.8. The molecule has 1 aromatic rings. The Labute approximate surface area is 112 Å². The summed E-state index contributed by atoms with van der Waals surface area (Å²) in [6, 6.07) is 10.4. The number of β-lactam (4-membered cyclic amide) rings is 1. The number of thioether (sulfide) groups is 1. The Morgan fingerprint density at radius 1 is 1.44 bits per heavy atom. The lowest BCUT2D eigenvalue weighted by atomic mass is 9.77. The average molecular weight is 259 g/mol. The van der Waals surface area contributed by atoms with Gasteiger partial charge in [0.2, 0.25) is 5.91 Å². The maximum Gasteiger partial charge on any atom is 0.234 e. The quantitative estimate of drug-likeness (QED) is 0.601. The van der Waals surface area contributed by atoms with E-state index in [4.69, 9.17) is 0 Å². The summed E-state index contributed by atoms with van der Waals surface area (Å²) < 4.78 is 0. The van der Waals surface area contributed by atoms with E-state index in [0.717, 1.165) is 24.3 Å². The molecule has 1 amide bonds. The first-order valence-electron chi connectivity index (χ1n) is 6.34. The smallest absolute Gasteiger partial charge is 0.234 e. The van der Waals surface area contributed by atoms with Crippen molar-refractivity contribution < 1.29 is 4.79 Å². The maximum atomic E-state index is 12.3. The number of benzene rings is 1. The second-order valence-electron chi connectivity index (χ2n) is 5.03. The third-order valence-corrected chi connectivity index (χ3v) is 5.46. The van der Waals surface area contributed by atoms with Gasteiger partial charge >= 0.3 is 0 Å². The summed E-state index contributed by atoms with van der Waals surface area (Å²) in [5.41, 5.74) is 2.22. The summed E-state index contributed by atoms with van der Waals surface area (Å²) in [7, 11) is 0. The van der Waals surface area contributed by atoms with Crippen LogP contribution in [0, 0.1) is 5.92 Å². The Kier molecular flexibility index (Phi) is 2.74. The average Bonchev–Trinajstić information content (AvgIpc) is 2.38. The van der Waals surface area contributed by atoms with Gasteiger partial charge in [-0.25, -0.2) is 0 Å². The van der Waals surface area contributed by atoms with E-state index in [2.05, 4.69) is 30.8 Å². The summed E-state index contributed by atoms with van der Waals surface area (Å²) in [5, 5.41) is 0. The Morgan fingerprint density at radius 3 is 2.83 bits per heavy atom. The van der Waals surface area contributed by atoms with E-state index in [1.54, 1.807) is 0 Å². The zero-order valence-electron chi connectivity index (χ0n) is 10.6. The summed E-state index contributed by atoms with van der Waals surface area (Å²) in [6.45, 7) is 6.88. The molecule has 0 saturated carbocycles. The van der Waals surface area contributed by atoms with Crippen molar-refractivity contribution in [1.82, 2.24) is 4.90 Å².